The molecule has 15 heteroatoms. The number of rotatable bonds is 10. The van der Waals surface area contributed by atoms with Crippen LogP contribution in [0.2, 0.25) is 0 Å². The molecule has 3 N–H and O–H groups in total. The number of aromatic nitrogens is 4. The van der Waals surface area contributed by atoms with Crippen LogP contribution >= 0.6 is 0 Å². The molecule has 2 aromatic carbocycles. The number of benzene rings is 2. The second-order valence-corrected chi connectivity index (χ2v) is 11.5. The number of amides is 2. The first kappa shape index (κ1) is 30.3. The Bertz CT molecular complexity index is 1980. The predicted molar refractivity (Wildman–Crippen MR) is 164 cm³/mol. The maximum Gasteiger partial charge on any atom is 0.401 e. The minimum atomic E-state index is -4.49. The summed E-state index contributed by atoms with van der Waals surface area (Å²) in [5.74, 6) is 0.514. The summed E-state index contributed by atoms with van der Waals surface area (Å²) < 4.78 is 73.3. The van der Waals surface area contributed by atoms with Crippen molar-refractivity contribution < 1.29 is 36.4 Å². The Morgan fingerprint density at radius 1 is 1.06 bits per heavy atom. The smallest absolute Gasteiger partial charge is 0.401 e. The van der Waals surface area contributed by atoms with Gasteiger partial charge in [0.25, 0.3) is 0 Å². The fourth-order valence-corrected chi connectivity index (χ4v) is 5.59. The van der Waals surface area contributed by atoms with E-state index in [9.17, 15) is 18.0 Å². The third-order valence-electron chi connectivity index (χ3n) is 8.46. The van der Waals surface area contributed by atoms with Crippen LogP contribution in [-0.4, -0.2) is 46.3 Å². The van der Waals surface area contributed by atoms with E-state index in [1.54, 1.807) is 32.5 Å². The normalized spacial score (nSPS) is 15.4. The van der Waals surface area contributed by atoms with E-state index in [1.807, 2.05) is 22.9 Å². The van der Waals surface area contributed by atoms with Gasteiger partial charge in [0.15, 0.2) is 11.6 Å². The van der Waals surface area contributed by atoms with Crippen LogP contribution in [0.1, 0.15) is 43.0 Å². The van der Waals surface area contributed by atoms with Gasteiger partial charge in [-0.3, -0.25) is 10.00 Å². The highest BCUT2D eigenvalue weighted by atomic mass is 19.4. The number of fused-ring (bicyclic) bond motifs is 1. The number of carbonyl (C=O) groups excluding carboxylic acids is 1. The summed E-state index contributed by atoms with van der Waals surface area (Å²) in [6.07, 6.45) is -1.09. The molecular formula is C32H29F4N7O4. The lowest BCUT2D eigenvalue weighted by Crippen LogP contribution is -2.28. The molecule has 0 aliphatic heterocycles. The number of carbonyl (C=O) groups is 1. The van der Waals surface area contributed by atoms with Gasteiger partial charge >= 0.3 is 12.2 Å². The van der Waals surface area contributed by atoms with Crippen molar-refractivity contribution >= 4 is 34.3 Å². The molecule has 0 spiro atoms. The Labute approximate surface area is 265 Å². The molecule has 3 heterocycles. The first-order chi connectivity index (χ1) is 22.6. The van der Waals surface area contributed by atoms with Crippen LogP contribution in [0.25, 0.3) is 22.2 Å². The number of ether oxygens (including phenoxy) is 2. The summed E-state index contributed by atoms with van der Waals surface area (Å²) in [5.41, 5.74) is 0.443. The van der Waals surface area contributed by atoms with Gasteiger partial charge in [0.2, 0.25) is 0 Å². The standard InChI is InChI=1S/C32H29F4N7O4/c1-45-20-7-3-18(24(14-20)46-2)16-38-29-27-23(9-12-37-29)43(19-5-6-19)41-28(27)17-4-8-22(21(33)13-17)39-30(44)40-26-15-25(47-42-26)31(10-11-31)32(34,35)36/h3-4,7-9,12-15,19H,5-6,10-11,16H2,1-2H3,(H,37,38)(H2,39,40,42,44). The van der Waals surface area contributed by atoms with Crippen LogP contribution in [0, 0.1) is 5.82 Å². The molecule has 2 fully saturated rings. The highest BCUT2D eigenvalue weighted by Crippen LogP contribution is 2.59. The SMILES string of the molecule is COc1ccc(CNc2nccc3c2c(-c2ccc(NC(=O)Nc4cc(C5(C(F)(F)F)CC5)on4)c(F)c2)nn3C2CC2)c(OC)c1. The number of urea groups is 1. The van der Waals surface area contributed by atoms with E-state index in [0.717, 1.165) is 30.0 Å². The zero-order chi connectivity index (χ0) is 32.9. The number of alkyl halides is 3. The molecule has 0 atom stereocenters. The number of pyridine rings is 1. The van der Waals surface area contributed by atoms with Gasteiger partial charge in [-0.25, -0.2) is 14.2 Å². The van der Waals surface area contributed by atoms with E-state index in [4.69, 9.17) is 19.1 Å². The molecule has 0 unspecified atom stereocenters. The summed E-state index contributed by atoms with van der Waals surface area (Å²) in [6.45, 7) is 0.379. The molecule has 244 valence electrons. The Morgan fingerprint density at radius 2 is 1.87 bits per heavy atom. The lowest BCUT2D eigenvalue weighted by atomic mass is 10.0. The monoisotopic (exact) mass is 651 g/mol. The zero-order valence-corrected chi connectivity index (χ0v) is 25.2. The minimum absolute atomic E-state index is 0.117. The van der Waals surface area contributed by atoms with Crippen molar-refractivity contribution in [3.63, 3.8) is 0 Å². The van der Waals surface area contributed by atoms with Crippen LogP contribution in [0.15, 0.2) is 59.3 Å². The molecule has 5 aromatic rings. The summed E-state index contributed by atoms with van der Waals surface area (Å²) >= 11 is 0. The molecule has 0 bridgehead atoms. The highest BCUT2D eigenvalue weighted by Gasteiger charge is 2.67. The van der Waals surface area contributed by atoms with Crippen molar-refractivity contribution in [3.05, 3.63) is 71.9 Å². The van der Waals surface area contributed by atoms with Crippen molar-refractivity contribution in [3.8, 4) is 22.8 Å². The zero-order valence-electron chi connectivity index (χ0n) is 25.2. The third kappa shape index (κ3) is 5.66. The number of halogens is 4. The lowest BCUT2D eigenvalue weighted by Gasteiger charge is -2.15. The number of anilines is 3. The quantitative estimate of drug-likeness (QED) is 0.133. The number of hydrogen-bond acceptors (Lipinski definition) is 8. The van der Waals surface area contributed by atoms with E-state index in [1.165, 1.54) is 12.1 Å². The molecular weight excluding hydrogens is 622 g/mol. The summed E-state index contributed by atoms with van der Waals surface area (Å²) in [7, 11) is 3.16. The second-order valence-electron chi connectivity index (χ2n) is 11.5. The van der Waals surface area contributed by atoms with E-state index in [2.05, 4.69) is 26.1 Å². The van der Waals surface area contributed by atoms with Crippen LogP contribution in [-0.2, 0) is 12.0 Å². The first-order valence-corrected chi connectivity index (χ1v) is 14.8. The van der Waals surface area contributed by atoms with Gasteiger partial charge in [0.05, 0.1) is 36.9 Å². The molecule has 2 saturated carbocycles. The largest absolute Gasteiger partial charge is 0.497 e. The van der Waals surface area contributed by atoms with Gasteiger partial charge in [-0.15, -0.1) is 0 Å². The maximum atomic E-state index is 15.4. The second kappa shape index (κ2) is 11.5. The average Bonchev–Trinajstić information content (AvgIpc) is 3.98. The topological polar surface area (TPSA) is 128 Å². The minimum Gasteiger partial charge on any atom is -0.497 e. The van der Waals surface area contributed by atoms with E-state index in [-0.39, 0.29) is 36.1 Å². The van der Waals surface area contributed by atoms with Gasteiger partial charge in [0.1, 0.15) is 34.2 Å². The number of nitrogens with zero attached hydrogens (tertiary/aromatic N) is 4. The van der Waals surface area contributed by atoms with Crippen LogP contribution in [0.5, 0.6) is 11.5 Å². The predicted octanol–water partition coefficient (Wildman–Crippen LogP) is 7.43. The summed E-state index contributed by atoms with van der Waals surface area (Å²) in [4.78, 5) is 17.2. The molecule has 2 aliphatic rings. The van der Waals surface area contributed by atoms with Gasteiger partial charge < -0.3 is 24.6 Å². The number of methoxy groups -OCH3 is 2. The van der Waals surface area contributed by atoms with Gasteiger partial charge in [-0.05, 0) is 56.0 Å². The van der Waals surface area contributed by atoms with Crippen molar-refractivity contribution in [2.24, 2.45) is 0 Å². The Kier molecular flexibility index (Phi) is 7.40. The highest BCUT2D eigenvalue weighted by molar-refractivity contribution is 6.02. The molecule has 11 nitrogen and oxygen atoms in total. The van der Waals surface area contributed by atoms with Gasteiger partial charge in [-0.2, -0.15) is 18.3 Å². The molecule has 2 aliphatic carbocycles. The Balaban J connectivity index is 1.12. The van der Waals surface area contributed by atoms with Crippen LogP contribution in [0.3, 0.4) is 0 Å². The van der Waals surface area contributed by atoms with E-state index >= 15 is 4.39 Å². The summed E-state index contributed by atoms with van der Waals surface area (Å²) in [6, 6.07) is 12.0. The Morgan fingerprint density at radius 3 is 2.55 bits per heavy atom. The van der Waals surface area contributed by atoms with E-state index in [0.29, 0.717) is 40.5 Å². The Hall–Kier alpha value is -5.34. The van der Waals surface area contributed by atoms with Gasteiger partial charge in [-0.1, -0.05) is 11.2 Å². The molecule has 2 amide bonds. The first-order valence-electron chi connectivity index (χ1n) is 14.8. The summed E-state index contributed by atoms with van der Waals surface area (Å²) in [5, 5.41) is 17.1. The van der Waals surface area contributed by atoms with Crippen molar-refractivity contribution in [2.75, 3.05) is 30.2 Å². The van der Waals surface area contributed by atoms with Crippen molar-refractivity contribution in [2.45, 2.75) is 49.9 Å². The molecule has 0 radical (unpaired) electrons. The fourth-order valence-electron chi connectivity index (χ4n) is 5.59. The van der Waals surface area contributed by atoms with Crippen LogP contribution < -0.4 is 25.4 Å². The lowest BCUT2D eigenvalue weighted by molar-refractivity contribution is -0.165. The molecule has 7 rings (SSSR count). The van der Waals surface area contributed by atoms with Gasteiger partial charge in [0, 0.05) is 36.0 Å². The fraction of sp³-hybridized carbons (Fsp3) is 0.312. The van der Waals surface area contributed by atoms with E-state index < -0.39 is 23.4 Å². The molecule has 0 saturated heterocycles. The average molecular weight is 652 g/mol. The van der Waals surface area contributed by atoms with Crippen molar-refractivity contribution in [1.82, 2.24) is 19.9 Å². The third-order valence-corrected chi connectivity index (χ3v) is 8.46. The molecule has 47 heavy (non-hydrogen) atoms. The molecule has 3 aromatic heterocycles. The number of nitrogens with one attached hydrogen (secondary N) is 3. The number of hydrogen-bond donors (Lipinski definition) is 3. The van der Waals surface area contributed by atoms with Crippen LogP contribution in [0.4, 0.5) is 39.7 Å². The maximum absolute atomic E-state index is 15.4. The van der Waals surface area contributed by atoms with Crippen molar-refractivity contribution in [1.29, 1.82) is 0 Å².